The molecule has 1 saturated carbocycles. The van der Waals surface area contributed by atoms with Crippen molar-refractivity contribution >= 4 is 51.4 Å². The number of anilines is 1. The molecule has 1 aliphatic carbocycles. The first-order chi connectivity index (χ1) is 7.76. The Kier molecular flexibility index (Phi) is 2.96. The fourth-order valence-electron chi connectivity index (χ4n) is 1.37. The molecule has 1 N–H and O–H groups in total. The van der Waals surface area contributed by atoms with Gasteiger partial charge in [-0.2, -0.15) is 0 Å². The van der Waals surface area contributed by atoms with Crippen molar-refractivity contribution in [1.82, 2.24) is 4.98 Å². The van der Waals surface area contributed by atoms with Gasteiger partial charge >= 0.3 is 0 Å². The molecule has 0 saturated heterocycles. The van der Waals surface area contributed by atoms with Crippen LogP contribution in [0, 0.1) is 5.41 Å². The summed E-state index contributed by atoms with van der Waals surface area (Å²) in [4.78, 5) is 26.9. The first-order valence-electron chi connectivity index (χ1n) is 4.92. The molecule has 92 valence electrons. The molecular formula is C10H10Cl2N2O2S. The maximum absolute atomic E-state index is 11.9. The minimum Gasteiger partial charge on any atom is -0.301 e. The third-order valence-corrected chi connectivity index (χ3v) is 4.70. The van der Waals surface area contributed by atoms with Gasteiger partial charge in [0.2, 0.25) is 5.91 Å². The molecule has 1 aromatic rings. The van der Waals surface area contributed by atoms with Gasteiger partial charge in [-0.25, -0.2) is 4.98 Å². The molecule has 17 heavy (non-hydrogen) atoms. The van der Waals surface area contributed by atoms with Gasteiger partial charge in [0, 0.05) is 12.3 Å². The minimum absolute atomic E-state index is 0.136. The second kappa shape index (κ2) is 3.93. The lowest BCUT2D eigenvalue weighted by atomic mass is 10.1. The normalized spacial score (nSPS) is 25.4. The zero-order valence-electron chi connectivity index (χ0n) is 9.21. The number of thiazole rings is 1. The van der Waals surface area contributed by atoms with Crippen LogP contribution in [0.1, 0.15) is 30.8 Å². The average Bonchev–Trinajstić information content (AvgIpc) is 2.63. The van der Waals surface area contributed by atoms with E-state index in [1.807, 2.05) is 0 Å². The van der Waals surface area contributed by atoms with Crippen molar-refractivity contribution in [3.05, 3.63) is 11.1 Å². The van der Waals surface area contributed by atoms with Crippen LogP contribution in [0.15, 0.2) is 5.38 Å². The number of nitrogens with one attached hydrogen (secondary N) is 1. The summed E-state index contributed by atoms with van der Waals surface area (Å²) in [6.07, 6.45) is 0.417. The fourth-order valence-corrected chi connectivity index (χ4v) is 2.82. The Morgan fingerprint density at radius 2 is 2.12 bits per heavy atom. The van der Waals surface area contributed by atoms with Gasteiger partial charge in [0.15, 0.2) is 10.9 Å². The number of hydrogen-bond acceptors (Lipinski definition) is 4. The second-order valence-corrected chi connectivity index (χ2v) is 6.60. The van der Waals surface area contributed by atoms with E-state index in [9.17, 15) is 9.59 Å². The summed E-state index contributed by atoms with van der Waals surface area (Å²) in [7, 11) is 0. The molecule has 1 aromatic heterocycles. The molecule has 0 spiro atoms. The summed E-state index contributed by atoms with van der Waals surface area (Å²) in [6, 6.07) is 0. The van der Waals surface area contributed by atoms with Crippen LogP contribution in [0.5, 0.6) is 0 Å². The zero-order valence-corrected chi connectivity index (χ0v) is 11.5. The van der Waals surface area contributed by atoms with Crippen LogP contribution in [0.2, 0.25) is 0 Å². The molecule has 0 radical (unpaired) electrons. The summed E-state index contributed by atoms with van der Waals surface area (Å²) in [6.45, 7) is 3.12. The smallest absolute Gasteiger partial charge is 0.235 e. The number of nitrogens with zero attached hydrogens (tertiary/aromatic N) is 1. The molecule has 0 aromatic carbocycles. The van der Waals surface area contributed by atoms with Crippen LogP contribution in [-0.2, 0) is 4.79 Å². The van der Waals surface area contributed by atoms with Crippen LogP contribution < -0.4 is 5.32 Å². The monoisotopic (exact) mass is 292 g/mol. The first-order valence-corrected chi connectivity index (χ1v) is 6.55. The van der Waals surface area contributed by atoms with Gasteiger partial charge in [0.05, 0.1) is 5.41 Å². The lowest BCUT2D eigenvalue weighted by Crippen LogP contribution is -2.25. The Morgan fingerprint density at radius 3 is 2.53 bits per heavy atom. The Labute approximate surface area is 112 Å². The predicted octanol–water partition coefficient (Wildman–Crippen LogP) is 2.87. The summed E-state index contributed by atoms with van der Waals surface area (Å²) in [5, 5.41) is 4.61. The van der Waals surface area contributed by atoms with E-state index in [1.165, 1.54) is 18.3 Å². The Balaban J connectivity index is 2.07. The Morgan fingerprint density at radius 1 is 1.53 bits per heavy atom. The van der Waals surface area contributed by atoms with E-state index >= 15 is 0 Å². The number of carbonyl (C=O) groups is 2. The van der Waals surface area contributed by atoms with Gasteiger partial charge in [-0.05, 0) is 13.3 Å². The highest BCUT2D eigenvalue weighted by Crippen LogP contribution is 2.64. The number of rotatable bonds is 3. The number of halogens is 2. The highest BCUT2D eigenvalue weighted by Gasteiger charge is 2.68. The van der Waals surface area contributed by atoms with Crippen molar-refractivity contribution < 1.29 is 9.59 Å². The van der Waals surface area contributed by atoms with Crippen LogP contribution in [0.3, 0.4) is 0 Å². The molecule has 1 heterocycles. The van der Waals surface area contributed by atoms with E-state index in [4.69, 9.17) is 23.2 Å². The van der Waals surface area contributed by atoms with Crippen molar-refractivity contribution in [1.29, 1.82) is 0 Å². The summed E-state index contributed by atoms with van der Waals surface area (Å²) in [5.74, 6) is -0.407. The molecule has 0 bridgehead atoms. The zero-order chi connectivity index (χ0) is 12.8. The maximum Gasteiger partial charge on any atom is 0.235 e. The largest absolute Gasteiger partial charge is 0.301 e. The molecule has 0 unspecified atom stereocenters. The predicted molar refractivity (Wildman–Crippen MR) is 67.9 cm³/mol. The minimum atomic E-state index is -1.00. The number of hydrogen-bond donors (Lipinski definition) is 1. The number of ketones is 1. The van der Waals surface area contributed by atoms with E-state index in [0.29, 0.717) is 17.2 Å². The average molecular weight is 293 g/mol. The number of Topliss-reactive ketones (excluding diaryl/α,β-unsaturated/α-hetero) is 1. The van der Waals surface area contributed by atoms with Crippen LogP contribution in [0.4, 0.5) is 5.13 Å². The topological polar surface area (TPSA) is 59.1 Å². The van der Waals surface area contributed by atoms with Crippen molar-refractivity contribution in [2.45, 2.75) is 24.6 Å². The standard InChI is InChI=1S/C10H10Cl2N2O2S/c1-5(15)6-3-17-8(13-6)14-7(16)9(2)4-10(9,11)12/h3H,4H2,1-2H3,(H,13,14,16)/t9-/m0/s1. The first kappa shape index (κ1) is 12.8. The molecule has 1 aliphatic rings. The van der Waals surface area contributed by atoms with Crippen LogP contribution in [0.25, 0.3) is 0 Å². The number of alkyl halides is 2. The third-order valence-electron chi connectivity index (χ3n) is 2.84. The van der Waals surface area contributed by atoms with Crippen molar-refractivity contribution in [3.8, 4) is 0 Å². The lowest BCUT2D eigenvalue weighted by Gasteiger charge is -2.10. The fraction of sp³-hybridized carbons (Fsp3) is 0.500. The van der Waals surface area contributed by atoms with E-state index in [2.05, 4.69) is 10.3 Å². The quantitative estimate of drug-likeness (QED) is 0.688. The molecular weight excluding hydrogens is 283 g/mol. The van der Waals surface area contributed by atoms with E-state index in [0.717, 1.165) is 0 Å². The van der Waals surface area contributed by atoms with Gasteiger partial charge < -0.3 is 5.32 Å². The Hall–Kier alpha value is -0.650. The van der Waals surface area contributed by atoms with Gasteiger partial charge in [0.25, 0.3) is 0 Å². The van der Waals surface area contributed by atoms with Crippen molar-refractivity contribution in [2.24, 2.45) is 5.41 Å². The maximum atomic E-state index is 11.9. The number of aromatic nitrogens is 1. The van der Waals surface area contributed by atoms with Crippen LogP contribution >= 0.6 is 34.5 Å². The highest BCUT2D eigenvalue weighted by molar-refractivity contribution is 7.14. The van der Waals surface area contributed by atoms with Crippen molar-refractivity contribution in [2.75, 3.05) is 5.32 Å². The molecule has 0 aliphatic heterocycles. The third kappa shape index (κ3) is 2.19. The molecule has 1 fully saturated rings. The Bertz CT molecular complexity index is 500. The van der Waals surface area contributed by atoms with Gasteiger partial charge in [-0.15, -0.1) is 34.5 Å². The number of amides is 1. The SMILES string of the molecule is CC(=O)c1csc(NC(=O)[C@]2(C)CC2(Cl)Cl)n1. The van der Waals surface area contributed by atoms with Gasteiger partial charge in [-0.1, -0.05) is 0 Å². The second-order valence-electron chi connectivity index (χ2n) is 4.26. The number of carbonyl (C=O) groups excluding carboxylic acids is 2. The molecule has 1 atom stereocenters. The van der Waals surface area contributed by atoms with E-state index in [-0.39, 0.29) is 11.7 Å². The molecule has 1 amide bonds. The summed E-state index contributed by atoms with van der Waals surface area (Å²) < 4.78 is -1.00. The molecule has 4 nitrogen and oxygen atoms in total. The van der Waals surface area contributed by atoms with Crippen molar-refractivity contribution in [3.63, 3.8) is 0 Å². The van der Waals surface area contributed by atoms with E-state index < -0.39 is 9.75 Å². The van der Waals surface area contributed by atoms with Gasteiger partial charge in [-0.3, -0.25) is 9.59 Å². The van der Waals surface area contributed by atoms with Crippen LogP contribution in [-0.4, -0.2) is 21.0 Å². The molecule has 2 rings (SSSR count). The van der Waals surface area contributed by atoms with Gasteiger partial charge in [0.1, 0.15) is 10.0 Å². The highest BCUT2D eigenvalue weighted by atomic mass is 35.5. The summed E-state index contributed by atoms with van der Waals surface area (Å²) >= 11 is 13.0. The lowest BCUT2D eigenvalue weighted by molar-refractivity contribution is -0.120. The van der Waals surface area contributed by atoms with E-state index in [1.54, 1.807) is 12.3 Å². The molecule has 7 heteroatoms. The summed E-state index contributed by atoms with van der Waals surface area (Å²) in [5.41, 5.74) is -0.438.